The zero-order valence-electron chi connectivity index (χ0n) is 9.32. The van der Waals surface area contributed by atoms with E-state index in [-0.39, 0.29) is 0 Å². The smallest absolute Gasteiger partial charge is 0.104 e. The van der Waals surface area contributed by atoms with E-state index in [1.807, 2.05) is 31.2 Å². The number of hydrogen-bond acceptors (Lipinski definition) is 1. The van der Waals surface area contributed by atoms with E-state index in [4.69, 9.17) is 23.2 Å². The van der Waals surface area contributed by atoms with E-state index in [1.165, 1.54) is 0 Å². The molecule has 0 heterocycles. The third-order valence-electron chi connectivity index (χ3n) is 2.68. The number of halogens is 2. The lowest BCUT2D eigenvalue weighted by Gasteiger charge is -2.14. The maximum atomic E-state index is 10.3. The van der Waals surface area contributed by atoms with Crippen LogP contribution in [0.15, 0.2) is 42.5 Å². The van der Waals surface area contributed by atoms with Crippen LogP contribution in [-0.2, 0) is 0 Å². The molecule has 0 radical (unpaired) electrons. The van der Waals surface area contributed by atoms with Crippen molar-refractivity contribution >= 4 is 23.2 Å². The van der Waals surface area contributed by atoms with E-state index in [0.717, 1.165) is 11.1 Å². The molecule has 0 aromatic heterocycles. The molecule has 0 saturated carbocycles. The third-order valence-corrected chi connectivity index (χ3v) is 3.12. The predicted molar refractivity (Wildman–Crippen MR) is 71.7 cm³/mol. The van der Waals surface area contributed by atoms with Gasteiger partial charge in [0.15, 0.2) is 0 Å². The van der Waals surface area contributed by atoms with Gasteiger partial charge in [0.2, 0.25) is 0 Å². The summed E-state index contributed by atoms with van der Waals surface area (Å²) >= 11 is 11.9. The maximum Gasteiger partial charge on any atom is 0.104 e. The van der Waals surface area contributed by atoms with Crippen molar-refractivity contribution in [3.8, 4) is 0 Å². The summed E-state index contributed by atoms with van der Waals surface area (Å²) in [6.45, 7) is 1.96. The fraction of sp³-hybridized carbons (Fsp3) is 0.143. The normalized spacial score (nSPS) is 12.5. The summed E-state index contributed by atoms with van der Waals surface area (Å²) < 4.78 is 0. The summed E-state index contributed by atoms with van der Waals surface area (Å²) in [5.41, 5.74) is 2.61. The van der Waals surface area contributed by atoms with Crippen molar-refractivity contribution in [1.82, 2.24) is 0 Å². The highest BCUT2D eigenvalue weighted by Gasteiger charge is 2.13. The summed E-state index contributed by atoms with van der Waals surface area (Å²) in [6.07, 6.45) is -0.701. The van der Waals surface area contributed by atoms with E-state index in [2.05, 4.69) is 0 Å². The highest BCUT2D eigenvalue weighted by molar-refractivity contribution is 6.34. The van der Waals surface area contributed by atoms with Crippen LogP contribution in [0.3, 0.4) is 0 Å². The standard InChI is InChI=1S/C14H12Cl2O/c1-9-4-2-3-5-13(9)14(17)10-6-11(15)8-12(16)7-10/h2-8,14,17H,1H3. The Hall–Kier alpha value is -1.02. The number of aliphatic hydroxyl groups is 1. The zero-order valence-corrected chi connectivity index (χ0v) is 10.8. The highest BCUT2D eigenvalue weighted by atomic mass is 35.5. The molecule has 1 N–H and O–H groups in total. The predicted octanol–water partition coefficient (Wildman–Crippen LogP) is 4.38. The van der Waals surface area contributed by atoms with Gasteiger partial charge in [-0.3, -0.25) is 0 Å². The van der Waals surface area contributed by atoms with Crippen LogP contribution in [0.5, 0.6) is 0 Å². The number of benzene rings is 2. The first-order valence-corrected chi connectivity index (χ1v) is 6.03. The van der Waals surface area contributed by atoms with Crippen molar-refractivity contribution in [3.63, 3.8) is 0 Å². The summed E-state index contributed by atoms with van der Waals surface area (Å²) in [5, 5.41) is 11.4. The van der Waals surface area contributed by atoms with Crippen molar-refractivity contribution in [2.75, 3.05) is 0 Å². The summed E-state index contributed by atoms with van der Waals surface area (Å²) in [4.78, 5) is 0. The van der Waals surface area contributed by atoms with Gasteiger partial charge in [-0.2, -0.15) is 0 Å². The number of rotatable bonds is 2. The van der Waals surface area contributed by atoms with Gasteiger partial charge in [-0.1, -0.05) is 47.5 Å². The Bertz CT molecular complexity index is 517. The minimum Gasteiger partial charge on any atom is -0.384 e. The molecule has 2 rings (SSSR count). The molecule has 0 aliphatic heterocycles. The molecule has 1 nitrogen and oxygen atoms in total. The highest BCUT2D eigenvalue weighted by Crippen LogP contribution is 2.29. The van der Waals surface area contributed by atoms with Crippen LogP contribution in [0, 0.1) is 6.92 Å². The number of hydrogen-bond donors (Lipinski definition) is 1. The molecular weight excluding hydrogens is 255 g/mol. The first-order chi connectivity index (χ1) is 8.08. The SMILES string of the molecule is Cc1ccccc1C(O)c1cc(Cl)cc(Cl)c1. The minimum atomic E-state index is -0.701. The Balaban J connectivity index is 2.43. The Morgan fingerprint density at radius 1 is 1.00 bits per heavy atom. The minimum absolute atomic E-state index is 0.528. The van der Waals surface area contributed by atoms with Crippen LogP contribution in [0.1, 0.15) is 22.8 Å². The molecule has 17 heavy (non-hydrogen) atoms. The second-order valence-corrected chi connectivity index (χ2v) is 4.83. The van der Waals surface area contributed by atoms with Gasteiger partial charge in [-0.05, 0) is 41.8 Å². The Morgan fingerprint density at radius 3 is 2.18 bits per heavy atom. The largest absolute Gasteiger partial charge is 0.384 e. The lowest BCUT2D eigenvalue weighted by molar-refractivity contribution is 0.219. The number of aryl methyl sites for hydroxylation is 1. The first-order valence-electron chi connectivity index (χ1n) is 5.27. The fourth-order valence-corrected chi connectivity index (χ4v) is 2.35. The Morgan fingerprint density at radius 2 is 1.59 bits per heavy atom. The fourth-order valence-electron chi connectivity index (χ4n) is 1.81. The molecule has 88 valence electrons. The summed E-state index contributed by atoms with van der Waals surface area (Å²) in [7, 11) is 0. The summed E-state index contributed by atoms with van der Waals surface area (Å²) in [6, 6.07) is 12.8. The average molecular weight is 267 g/mol. The van der Waals surface area contributed by atoms with Gasteiger partial charge in [0, 0.05) is 10.0 Å². The van der Waals surface area contributed by atoms with Crippen LogP contribution in [-0.4, -0.2) is 5.11 Å². The van der Waals surface area contributed by atoms with Crippen molar-refractivity contribution in [2.45, 2.75) is 13.0 Å². The van der Waals surface area contributed by atoms with Gasteiger partial charge in [-0.25, -0.2) is 0 Å². The molecule has 0 aliphatic rings. The molecule has 2 aromatic rings. The topological polar surface area (TPSA) is 20.2 Å². The maximum absolute atomic E-state index is 10.3. The quantitative estimate of drug-likeness (QED) is 0.855. The molecule has 0 saturated heterocycles. The van der Waals surface area contributed by atoms with Gasteiger partial charge in [0.05, 0.1) is 0 Å². The Labute approximate surface area is 111 Å². The molecular formula is C14H12Cl2O. The second kappa shape index (κ2) is 5.09. The van der Waals surface area contributed by atoms with Gasteiger partial charge in [0.25, 0.3) is 0 Å². The third kappa shape index (κ3) is 2.81. The molecule has 0 fully saturated rings. The van der Waals surface area contributed by atoms with E-state index < -0.39 is 6.10 Å². The van der Waals surface area contributed by atoms with E-state index >= 15 is 0 Å². The van der Waals surface area contributed by atoms with Gasteiger partial charge in [0.1, 0.15) is 6.10 Å². The van der Waals surface area contributed by atoms with Crippen molar-refractivity contribution in [2.24, 2.45) is 0 Å². The molecule has 0 aliphatic carbocycles. The van der Waals surface area contributed by atoms with Crippen LogP contribution in [0.4, 0.5) is 0 Å². The monoisotopic (exact) mass is 266 g/mol. The average Bonchev–Trinajstić information content (AvgIpc) is 2.27. The van der Waals surface area contributed by atoms with Gasteiger partial charge in [-0.15, -0.1) is 0 Å². The van der Waals surface area contributed by atoms with Crippen molar-refractivity contribution in [3.05, 3.63) is 69.2 Å². The zero-order chi connectivity index (χ0) is 12.4. The molecule has 1 unspecified atom stereocenters. The first kappa shape index (κ1) is 12.4. The Kier molecular flexibility index (Phi) is 3.72. The van der Waals surface area contributed by atoms with E-state index in [0.29, 0.717) is 15.6 Å². The molecule has 2 aromatic carbocycles. The van der Waals surface area contributed by atoms with Crippen LogP contribution >= 0.6 is 23.2 Å². The van der Waals surface area contributed by atoms with Gasteiger partial charge >= 0.3 is 0 Å². The molecule has 0 bridgehead atoms. The molecule has 3 heteroatoms. The van der Waals surface area contributed by atoms with Crippen LogP contribution < -0.4 is 0 Å². The molecule has 1 atom stereocenters. The van der Waals surface area contributed by atoms with E-state index in [9.17, 15) is 5.11 Å². The van der Waals surface area contributed by atoms with Crippen LogP contribution in [0.25, 0.3) is 0 Å². The lowest BCUT2D eigenvalue weighted by atomic mass is 9.98. The van der Waals surface area contributed by atoms with E-state index in [1.54, 1.807) is 18.2 Å². The lowest BCUT2D eigenvalue weighted by Crippen LogP contribution is -2.01. The molecule has 0 amide bonds. The van der Waals surface area contributed by atoms with Crippen LogP contribution in [0.2, 0.25) is 10.0 Å². The van der Waals surface area contributed by atoms with Crippen molar-refractivity contribution in [1.29, 1.82) is 0 Å². The number of aliphatic hydroxyl groups excluding tert-OH is 1. The van der Waals surface area contributed by atoms with Crippen molar-refractivity contribution < 1.29 is 5.11 Å². The van der Waals surface area contributed by atoms with Gasteiger partial charge < -0.3 is 5.11 Å². The molecule has 0 spiro atoms. The summed E-state index contributed by atoms with van der Waals surface area (Å²) in [5.74, 6) is 0. The second-order valence-electron chi connectivity index (χ2n) is 3.96.